The number of sulfonamides is 1. The highest BCUT2D eigenvalue weighted by molar-refractivity contribution is 7.89. The number of carbonyl (C=O) groups is 1. The first kappa shape index (κ1) is 22.5. The van der Waals surface area contributed by atoms with Gasteiger partial charge < -0.3 is 15.1 Å². The second-order valence-electron chi connectivity index (χ2n) is 8.00. The van der Waals surface area contributed by atoms with Crippen molar-refractivity contribution in [1.29, 1.82) is 0 Å². The van der Waals surface area contributed by atoms with Crippen molar-refractivity contribution in [2.24, 2.45) is 0 Å². The third-order valence-electron chi connectivity index (χ3n) is 4.05. The van der Waals surface area contributed by atoms with E-state index >= 15 is 0 Å². The molecule has 0 spiro atoms. The fourth-order valence-corrected chi connectivity index (χ4v) is 4.31. The number of hydrogen-bond donors (Lipinski definition) is 3. The summed E-state index contributed by atoms with van der Waals surface area (Å²) in [6.45, 7) is 5.47. The van der Waals surface area contributed by atoms with Crippen LogP contribution in [0.15, 0.2) is 70.2 Å². The van der Waals surface area contributed by atoms with E-state index in [1.807, 2.05) is 0 Å². The van der Waals surface area contributed by atoms with Crippen LogP contribution in [0.3, 0.4) is 0 Å². The monoisotopic (exact) mass is 445 g/mol. The summed E-state index contributed by atoms with van der Waals surface area (Å²) in [6.07, 6.45) is 1.53. The maximum Gasteiger partial charge on any atom is 0.255 e. The highest BCUT2D eigenvalue weighted by Gasteiger charge is 2.24. The molecule has 0 aliphatic carbocycles. The molecule has 31 heavy (non-hydrogen) atoms. The first-order valence-electron chi connectivity index (χ1n) is 9.54. The van der Waals surface area contributed by atoms with Crippen molar-refractivity contribution in [2.75, 3.05) is 10.6 Å². The Hall–Kier alpha value is -3.17. The summed E-state index contributed by atoms with van der Waals surface area (Å²) in [5.41, 5.74) is 0.0668. The second kappa shape index (κ2) is 8.91. The lowest BCUT2D eigenvalue weighted by atomic mass is 10.1. The lowest BCUT2D eigenvalue weighted by molar-refractivity contribution is 0.102. The van der Waals surface area contributed by atoms with Gasteiger partial charge in [-0.2, -0.15) is 0 Å². The van der Waals surface area contributed by atoms with Crippen LogP contribution in [0.4, 0.5) is 15.8 Å². The van der Waals surface area contributed by atoms with Gasteiger partial charge in [0.1, 0.15) is 11.6 Å². The Morgan fingerprint density at radius 3 is 2.45 bits per heavy atom. The number of rotatable bonds is 7. The van der Waals surface area contributed by atoms with Gasteiger partial charge in [-0.05, 0) is 69.3 Å². The third-order valence-corrected chi connectivity index (χ3v) is 5.79. The van der Waals surface area contributed by atoms with Crippen LogP contribution in [0.25, 0.3) is 0 Å². The van der Waals surface area contributed by atoms with E-state index in [0.29, 0.717) is 18.0 Å². The SMILES string of the molecule is CC(C)(C)NS(=O)(=O)c1cc(NCc2ccco2)cc(C(=O)Nc2cccc(F)c2)c1. The van der Waals surface area contributed by atoms with E-state index in [0.717, 1.165) is 0 Å². The van der Waals surface area contributed by atoms with E-state index in [1.165, 1.54) is 42.7 Å². The Kier molecular flexibility index (Phi) is 6.47. The minimum absolute atomic E-state index is 0.0729. The molecule has 3 N–H and O–H groups in total. The van der Waals surface area contributed by atoms with Crippen LogP contribution < -0.4 is 15.4 Å². The number of furan rings is 1. The Morgan fingerprint density at radius 1 is 1.03 bits per heavy atom. The summed E-state index contributed by atoms with van der Waals surface area (Å²) in [6, 6.07) is 13.2. The zero-order valence-electron chi connectivity index (χ0n) is 17.4. The molecule has 0 radical (unpaired) electrons. The van der Waals surface area contributed by atoms with Crippen molar-refractivity contribution < 1.29 is 22.0 Å². The zero-order valence-corrected chi connectivity index (χ0v) is 18.2. The quantitative estimate of drug-likeness (QED) is 0.502. The lowest BCUT2D eigenvalue weighted by Crippen LogP contribution is -2.40. The van der Waals surface area contributed by atoms with E-state index in [9.17, 15) is 17.6 Å². The van der Waals surface area contributed by atoms with Gasteiger partial charge in [-0.3, -0.25) is 4.79 Å². The molecule has 3 aromatic rings. The minimum Gasteiger partial charge on any atom is -0.467 e. The molecule has 1 aromatic heterocycles. The molecule has 7 nitrogen and oxygen atoms in total. The largest absolute Gasteiger partial charge is 0.467 e. The Morgan fingerprint density at radius 2 is 1.81 bits per heavy atom. The van der Waals surface area contributed by atoms with Gasteiger partial charge in [0, 0.05) is 22.5 Å². The average Bonchev–Trinajstić information content (AvgIpc) is 3.18. The van der Waals surface area contributed by atoms with Crippen molar-refractivity contribution in [1.82, 2.24) is 4.72 Å². The number of amides is 1. The van der Waals surface area contributed by atoms with Gasteiger partial charge in [0.05, 0.1) is 17.7 Å². The van der Waals surface area contributed by atoms with Gasteiger partial charge in [-0.1, -0.05) is 6.07 Å². The number of hydrogen-bond acceptors (Lipinski definition) is 5. The Labute approximate surface area is 180 Å². The molecule has 0 aliphatic heterocycles. The van der Waals surface area contributed by atoms with E-state index in [1.54, 1.807) is 39.0 Å². The predicted molar refractivity (Wildman–Crippen MR) is 117 cm³/mol. The number of carbonyl (C=O) groups excluding carboxylic acids is 1. The number of nitrogens with one attached hydrogen (secondary N) is 3. The van der Waals surface area contributed by atoms with Crippen LogP contribution in [0.2, 0.25) is 0 Å². The van der Waals surface area contributed by atoms with Gasteiger partial charge >= 0.3 is 0 Å². The predicted octanol–water partition coefficient (Wildman–Crippen LogP) is 4.36. The van der Waals surface area contributed by atoms with E-state index in [2.05, 4.69) is 15.4 Å². The number of benzene rings is 2. The summed E-state index contributed by atoms with van der Waals surface area (Å²) in [5.74, 6) is -0.421. The molecule has 0 atom stereocenters. The number of halogens is 1. The topological polar surface area (TPSA) is 100 Å². The van der Waals surface area contributed by atoms with Crippen LogP contribution >= 0.6 is 0 Å². The van der Waals surface area contributed by atoms with Crippen LogP contribution in [0.5, 0.6) is 0 Å². The highest BCUT2D eigenvalue weighted by Crippen LogP contribution is 2.22. The summed E-state index contributed by atoms with van der Waals surface area (Å²) < 4.78 is 47.0. The number of anilines is 2. The first-order chi connectivity index (χ1) is 14.5. The minimum atomic E-state index is -3.90. The van der Waals surface area contributed by atoms with Crippen LogP contribution in [0.1, 0.15) is 36.9 Å². The molecule has 0 saturated carbocycles. The second-order valence-corrected chi connectivity index (χ2v) is 9.68. The van der Waals surface area contributed by atoms with Crippen LogP contribution in [0, 0.1) is 5.82 Å². The molecule has 0 aliphatic rings. The molecule has 0 fully saturated rings. The van der Waals surface area contributed by atoms with E-state index in [4.69, 9.17) is 4.42 Å². The smallest absolute Gasteiger partial charge is 0.255 e. The first-order valence-corrected chi connectivity index (χ1v) is 11.0. The van der Waals surface area contributed by atoms with Crippen molar-refractivity contribution in [2.45, 2.75) is 37.8 Å². The van der Waals surface area contributed by atoms with Crippen LogP contribution in [-0.4, -0.2) is 19.9 Å². The molecule has 9 heteroatoms. The molecule has 0 unspecified atom stereocenters. The summed E-state index contributed by atoms with van der Waals surface area (Å²) >= 11 is 0. The van der Waals surface area contributed by atoms with Gasteiger partial charge in [-0.25, -0.2) is 17.5 Å². The summed E-state index contributed by atoms with van der Waals surface area (Å²) in [7, 11) is -3.90. The van der Waals surface area contributed by atoms with Gasteiger partial charge in [0.2, 0.25) is 10.0 Å². The summed E-state index contributed by atoms with van der Waals surface area (Å²) in [5, 5.41) is 5.65. The maximum absolute atomic E-state index is 13.4. The fraction of sp³-hybridized carbons (Fsp3) is 0.227. The molecule has 164 valence electrons. The Bertz CT molecular complexity index is 1170. The van der Waals surface area contributed by atoms with Crippen molar-refractivity contribution in [3.8, 4) is 0 Å². The molecule has 0 saturated heterocycles. The van der Waals surface area contributed by atoms with Crippen molar-refractivity contribution in [3.63, 3.8) is 0 Å². The summed E-state index contributed by atoms with van der Waals surface area (Å²) in [4.78, 5) is 12.7. The standard InChI is InChI=1S/C22H24FN3O4S/c1-22(2,3)26-31(28,29)20-11-15(21(27)25-17-7-4-6-16(23)12-17)10-18(13-20)24-14-19-8-5-9-30-19/h4-13,24,26H,14H2,1-3H3,(H,25,27). The molecule has 1 heterocycles. The molecule has 3 rings (SSSR count). The molecule has 1 amide bonds. The van der Waals surface area contributed by atoms with Crippen molar-refractivity contribution in [3.05, 3.63) is 78.0 Å². The zero-order chi connectivity index (χ0) is 22.6. The van der Waals surface area contributed by atoms with Gasteiger partial charge in [-0.15, -0.1) is 0 Å². The average molecular weight is 446 g/mol. The van der Waals surface area contributed by atoms with E-state index in [-0.39, 0.29) is 16.1 Å². The van der Waals surface area contributed by atoms with Gasteiger partial charge in [0.15, 0.2) is 0 Å². The van der Waals surface area contributed by atoms with Crippen molar-refractivity contribution >= 4 is 27.3 Å². The molecule has 0 bridgehead atoms. The normalized spacial score (nSPS) is 11.9. The van der Waals surface area contributed by atoms with Gasteiger partial charge in [0.25, 0.3) is 5.91 Å². The van der Waals surface area contributed by atoms with E-state index < -0.39 is 27.3 Å². The molecular formula is C22H24FN3O4S. The maximum atomic E-state index is 13.4. The third kappa shape index (κ3) is 6.40. The highest BCUT2D eigenvalue weighted by atomic mass is 32.2. The Balaban J connectivity index is 1.94. The molecular weight excluding hydrogens is 421 g/mol. The lowest BCUT2D eigenvalue weighted by Gasteiger charge is -2.21. The molecule has 2 aromatic carbocycles. The fourth-order valence-electron chi connectivity index (χ4n) is 2.82. The van der Waals surface area contributed by atoms with Crippen LogP contribution in [-0.2, 0) is 16.6 Å².